The van der Waals surface area contributed by atoms with E-state index in [9.17, 15) is 9.59 Å². The van der Waals surface area contributed by atoms with E-state index in [0.717, 1.165) is 19.3 Å². The monoisotopic (exact) mass is 297 g/mol. The molecule has 1 aliphatic rings. The molecule has 1 saturated carbocycles. The Morgan fingerprint density at radius 3 is 2.40 bits per heavy atom. The Labute approximate surface area is 124 Å². The fourth-order valence-electron chi connectivity index (χ4n) is 2.38. The van der Waals surface area contributed by atoms with E-state index in [-0.39, 0.29) is 36.2 Å². The van der Waals surface area contributed by atoms with E-state index in [4.69, 9.17) is 5.73 Å². The summed E-state index contributed by atoms with van der Waals surface area (Å²) >= 11 is 0. The number of benzene rings is 1. The summed E-state index contributed by atoms with van der Waals surface area (Å²) in [6, 6.07) is 7.26. The molecule has 0 radical (unpaired) electrons. The number of carbonyl (C=O) groups excluding carboxylic acids is 2. The van der Waals surface area contributed by atoms with Gasteiger partial charge < -0.3 is 16.4 Å². The molecule has 1 fully saturated rings. The van der Waals surface area contributed by atoms with Crippen LogP contribution in [0.5, 0.6) is 0 Å². The molecule has 0 saturated heterocycles. The Bertz CT molecular complexity index is 493. The number of nitrogens with one attached hydrogen (secondary N) is 2. The molecule has 0 bridgehead atoms. The van der Waals surface area contributed by atoms with Crippen molar-refractivity contribution in [2.75, 3.05) is 10.6 Å². The smallest absolute Gasteiger partial charge is 0.227 e. The number of amides is 2. The Kier molecular flexibility index (Phi) is 5.98. The van der Waals surface area contributed by atoms with Gasteiger partial charge in [-0.1, -0.05) is 6.07 Å². The molecule has 110 valence electrons. The number of hydrogen-bond donors (Lipinski definition) is 3. The zero-order chi connectivity index (χ0) is 13.8. The Morgan fingerprint density at radius 2 is 1.85 bits per heavy atom. The standard InChI is InChI=1S/C14H19N3O2.ClH/c1-9(18)16-12-3-2-4-13(8-12)17-14(19)10-5-6-11(15)7-10;/h2-4,8,10-11H,5-7,15H2,1H3,(H,16,18)(H,17,19);1H. The van der Waals surface area contributed by atoms with E-state index >= 15 is 0 Å². The molecule has 2 rings (SSSR count). The minimum Gasteiger partial charge on any atom is -0.328 e. The summed E-state index contributed by atoms with van der Waals surface area (Å²) in [5.41, 5.74) is 7.17. The number of hydrogen-bond acceptors (Lipinski definition) is 3. The van der Waals surface area contributed by atoms with Crippen molar-refractivity contribution in [3.05, 3.63) is 24.3 Å². The van der Waals surface area contributed by atoms with Gasteiger partial charge in [-0.3, -0.25) is 9.59 Å². The Hall–Kier alpha value is -1.59. The van der Waals surface area contributed by atoms with Crippen LogP contribution in [0.3, 0.4) is 0 Å². The number of nitrogens with two attached hydrogens (primary N) is 1. The number of anilines is 2. The van der Waals surface area contributed by atoms with Crippen LogP contribution in [0.1, 0.15) is 26.2 Å². The van der Waals surface area contributed by atoms with Crippen LogP contribution in [0.15, 0.2) is 24.3 Å². The molecule has 2 unspecified atom stereocenters. The first-order valence-corrected chi connectivity index (χ1v) is 6.48. The maximum atomic E-state index is 12.0. The normalized spacial score (nSPS) is 20.9. The second kappa shape index (κ2) is 7.26. The van der Waals surface area contributed by atoms with Crippen molar-refractivity contribution >= 4 is 35.6 Å². The van der Waals surface area contributed by atoms with Gasteiger partial charge in [-0.2, -0.15) is 0 Å². The number of carbonyl (C=O) groups is 2. The minimum absolute atomic E-state index is 0. The quantitative estimate of drug-likeness (QED) is 0.799. The minimum atomic E-state index is -0.134. The van der Waals surface area contributed by atoms with Crippen molar-refractivity contribution in [1.29, 1.82) is 0 Å². The van der Waals surface area contributed by atoms with Crippen molar-refractivity contribution in [2.45, 2.75) is 32.2 Å². The zero-order valence-electron chi connectivity index (χ0n) is 11.4. The molecule has 0 heterocycles. The first-order chi connectivity index (χ1) is 9.04. The van der Waals surface area contributed by atoms with Crippen LogP contribution in [0.4, 0.5) is 11.4 Å². The molecule has 0 spiro atoms. The summed E-state index contributed by atoms with van der Waals surface area (Å²) in [6.07, 6.45) is 2.50. The van der Waals surface area contributed by atoms with E-state index in [2.05, 4.69) is 10.6 Å². The predicted octanol–water partition coefficient (Wildman–Crippen LogP) is 2.13. The molecule has 2 atom stereocenters. The highest BCUT2D eigenvalue weighted by atomic mass is 35.5. The molecule has 0 aliphatic heterocycles. The van der Waals surface area contributed by atoms with Gasteiger partial charge in [-0.05, 0) is 37.5 Å². The second-order valence-corrected chi connectivity index (χ2v) is 5.02. The summed E-state index contributed by atoms with van der Waals surface area (Å²) in [7, 11) is 0. The summed E-state index contributed by atoms with van der Waals surface area (Å²) in [5, 5.41) is 5.56. The fourth-order valence-corrected chi connectivity index (χ4v) is 2.38. The lowest BCUT2D eigenvalue weighted by Gasteiger charge is -2.11. The van der Waals surface area contributed by atoms with Crippen LogP contribution in [0, 0.1) is 5.92 Å². The summed E-state index contributed by atoms with van der Waals surface area (Å²) in [4.78, 5) is 23.0. The van der Waals surface area contributed by atoms with Gasteiger partial charge in [0.05, 0.1) is 0 Å². The first kappa shape index (κ1) is 16.5. The van der Waals surface area contributed by atoms with Crippen molar-refractivity contribution in [2.24, 2.45) is 11.7 Å². The van der Waals surface area contributed by atoms with E-state index in [1.165, 1.54) is 6.92 Å². The largest absolute Gasteiger partial charge is 0.328 e. The lowest BCUT2D eigenvalue weighted by atomic mass is 10.1. The molecule has 2 amide bonds. The molecule has 1 aliphatic carbocycles. The Morgan fingerprint density at radius 1 is 1.20 bits per heavy atom. The number of halogens is 1. The highest BCUT2D eigenvalue weighted by molar-refractivity contribution is 5.94. The van der Waals surface area contributed by atoms with Gasteiger partial charge in [0.2, 0.25) is 11.8 Å². The first-order valence-electron chi connectivity index (χ1n) is 6.48. The zero-order valence-corrected chi connectivity index (χ0v) is 12.2. The van der Waals surface area contributed by atoms with E-state index in [1.807, 2.05) is 0 Å². The fraction of sp³-hybridized carbons (Fsp3) is 0.429. The van der Waals surface area contributed by atoms with E-state index in [0.29, 0.717) is 11.4 Å². The maximum Gasteiger partial charge on any atom is 0.227 e. The molecule has 1 aromatic carbocycles. The maximum absolute atomic E-state index is 12.0. The van der Waals surface area contributed by atoms with Crippen molar-refractivity contribution in [3.63, 3.8) is 0 Å². The second-order valence-electron chi connectivity index (χ2n) is 5.02. The lowest BCUT2D eigenvalue weighted by molar-refractivity contribution is -0.119. The van der Waals surface area contributed by atoms with Crippen molar-refractivity contribution in [3.8, 4) is 0 Å². The van der Waals surface area contributed by atoms with Gasteiger partial charge in [-0.25, -0.2) is 0 Å². The lowest BCUT2D eigenvalue weighted by Crippen LogP contribution is -2.23. The van der Waals surface area contributed by atoms with Crippen LogP contribution in [0.2, 0.25) is 0 Å². The van der Waals surface area contributed by atoms with Crippen molar-refractivity contribution < 1.29 is 9.59 Å². The average molecular weight is 298 g/mol. The molecular weight excluding hydrogens is 278 g/mol. The molecule has 20 heavy (non-hydrogen) atoms. The van der Waals surface area contributed by atoms with Gasteiger partial charge in [0.15, 0.2) is 0 Å². The molecule has 5 nitrogen and oxygen atoms in total. The van der Waals surface area contributed by atoms with Crippen LogP contribution in [-0.4, -0.2) is 17.9 Å². The van der Waals surface area contributed by atoms with Gasteiger partial charge in [0.25, 0.3) is 0 Å². The van der Waals surface area contributed by atoms with Crippen molar-refractivity contribution in [1.82, 2.24) is 0 Å². The third kappa shape index (κ3) is 4.51. The van der Waals surface area contributed by atoms with Gasteiger partial charge >= 0.3 is 0 Å². The van der Waals surface area contributed by atoms with Gasteiger partial charge in [0, 0.05) is 30.3 Å². The van der Waals surface area contributed by atoms with Crippen LogP contribution < -0.4 is 16.4 Å². The molecule has 1 aromatic rings. The van der Waals surface area contributed by atoms with Crippen LogP contribution in [-0.2, 0) is 9.59 Å². The SMILES string of the molecule is CC(=O)Nc1cccc(NC(=O)C2CCC(N)C2)c1.Cl. The highest BCUT2D eigenvalue weighted by Gasteiger charge is 2.27. The van der Waals surface area contributed by atoms with E-state index < -0.39 is 0 Å². The molecule has 0 aromatic heterocycles. The summed E-state index contributed by atoms with van der Waals surface area (Å²) in [5.74, 6) is -0.127. The predicted molar refractivity (Wildman–Crippen MR) is 81.9 cm³/mol. The third-order valence-electron chi connectivity index (χ3n) is 3.29. The van der Waals surface area contributed by atoms with Crippen LogP contribution >= 0.6 is 12.4 Å². The molecule has 4 N–H and O–H groups in total. The number of rotatable bonds is 3. The summed E-state index contributed by atoms with van der Waals surface area (Å²) < 4.78 is 0. The molecular formula is C14H20ClN3O2. The van der Waals surface area contributed by atoms with E-state index in [1.54, 1.807) is 24.3 Å². The summed E-state index contributed by atoms with van der Waals surface area (Å²) in [6.45, 7) is 1.45. The Balaban J connectivity index is 0.00000200. The molecule has 6 heteroatoms. The highest BCUT2D eigenvalue weighted by Crippen LogP contribution is 2.26. The average Bonchev–Trinajstić information content (AvgIpc) is 2.75. The topological polar surface area (TPSA) is 84.2 Å². The van der Waals surface area contributed by atoms with Crippen LogP contribution in [0.25, 0.3) is 0 Å². The third-order valence-corrected chi connectivity index (χ3v) is 3.29. The van der Waals surface area contributed by atoms with Gasteiger partial charge in [0.1, 0.15) is 0 Å². The van der Waals surface area contributed by atoms with Gasteiger partial charge in [-0.15, -0.1) is 12.4 Å².